The number of rotatable bonds is 9. The van der Waals surface area contributed by atoms with E-state index in [1.54, 1.807) is 53.6 Å². The lowest BCUT2D eigenvalue weighted by Crippen LogP contribution is -2.37. The van der Waals surface area contributed by atoms with Gasteiger partial charge >= 0.3 is 5.97 Å². The molecule has 0 radical (unpaired) electrons. The number of hydrogen-bond donors (Lipinski definition) is 0. The van der Waals surface area contributed by atoms with Crippen LogP contribution < -0.4 is 14.7 Å². The number of benzene rings is 3. The lowest BCUT2D eigenvalue weighted by molar-refractivity contribution is -0.126. The van der Waals surface area contributed by atoms with Gasteiger partial charge in [-0.05, 0) is 60.5 Å². The highest BCUT2D eigenvalue weighted by molar-refractivity contribution is 6.24. The molecule has 5 rings (SSSR count). The number of carbonyl (C=O) groups is 3. The molecule has 196 valence electrons. The van der Waals surface area contributed by atoms with Crippen LogP contribution in [-0.2, 0) is 19.2 Å². The van der Waals surface area contributed by atoms with Gasteiger partial charge in [-0.25, -0.2) is 14.8 Å². The molecule has 3 aromatic rings. The molecule has 0 aliphatic carbocycles. The van der Waals surface area contributed by atoms with Crippen LogP contribution in [0.5, 0.6) is 5.75 Å². The molecule has 0 unspecified atom stereocenters. The second kappa shape index (κ2) is 11.1. The van der Waals surface area contributed by atoms with E-state index in [0.29, 0.717) is 23.6 Å². The Balaban J connectivity index is 1.43. The summed E-state index contributed by atoms with van der Waals surface area (Å²) in [6.45, 7) is 2.76. The Morgan fingerprint density at radius 3 is 2.24 bits per heavy atom. The van der Waals surface area contributed by atoms with Crippen molar-refractivity contribution in [1.29, 1.82) is 0 Å². The summed E-state index contributed by atoms with van der Waals surface area (Å²) in [5.74, 6) is -1.27. The maximum atomic E-state index is 13.8. The van der Waals surface area contributed by atoms with Crippen LogP contribution in [0.4, 0.5) is 11.4 Å². The number of hydroxylamine groups is 1. The second-order valence-electron chi connectivity index (χ2n) is 9.33. The Bertz CT molecular complexity index is 1290. The average molecular weight is 515 g/mol. The number of esters is 1. The molecular formula is C30H30N2O6. The fourth-order valence-corrected chi connectivity index (χ4v) is 4.97. The van der Waals surface area contributed by atoms with Gasteiger partial charge in [0, 0.05) is 0 Å². The monoisotopic (exact) mass is 514 g/mol. The fourth-order valence-electron chi connectivity index (χ4n) is 4.97. The van der Waals surface area contributed by atoms with Crippen molar-refractivity contribution in [1.82, 2.24) is 0 Å². The van der Waals surface area contributed by atoms with Crippen LogP contribution in [0, 0.1) is 5.92 Å². The van der Waals surface area contributed by atoms with Crippen LogP contribution >= 0.6 is 0 Å². The van der Waals surface area contributed by atoms with E-state index in [2.05, 4.69) is 6.92 Å². The number of carbonyl (C=O) groups excluding carboxylic acids is 3. The van der Waals surface area contributed by atoms with Crippen LogP contribution in [0.1, 0.15) is 48.1 Å². The summed E-state index contributed by atoms with van der Waals surface area (Å²) in [5, 5.41) is 1.63. The molecule has 2 heterocycles. The molecule has 0 bridgehead atoms. The van der Waals surface area contributed by atoms with Gasteiger partial charge in [-0.2, -0.15) is 0 Å². The Morgan fingerprint density at radius 2 is 1.58 bits per heavy atom. The Morgan fingerprint density at radius 1 is 0.868 bits per heavy atom. The van der Waals surface area contributed by atoms with E-state index < -0.39 is 29.9 Å². The summed E-state index contributed by atoms with van der Waals surface area (Å²) in [4.78, 5) is 46.7. The molecule has 0 aromatic heterocycles. The highest BCUT2D eigenvalue weighted by Crippen LogP contribution is 2.47. The minimum atomic E-state index is -0.974. The lowest BCUT2D eigenvalue weighted by atomic mass is 9.90. The van der Waals surface area contributed by atoms with Crippen molar-refractivity contribution < 1.29 is 28.7 Å². The van der Waals surface area contributed by atoms with E-state index in [1.165, 1.54) is 12.0 Å². The van der Waals surface area contributed by atoms with Gasteiger partial charge in [0.25, 0.3) is 5.91 Å². The summed E-state index contributed by atoms with van der Waals surface area (Å²) in [7, 11) is 1.32. The molecule has 2 aliphatic rings. The van der Waals surface area contributed by atoms with Gasteiger partial charge in [-0.3, -0.25) is 14.4 Å². The first-order chi connectivity index (χ1) is 18.5. The molecule has 8 heteroatoms. The Hall–Kier alpha value is -4.17. The molecule has 3 aromatic carbocycles. The van der Waals surface area contributed by atoms with Gasteiger partial charge in [0.2, 0.25) is 5.91 Å². The highest BCUT2D eigenvalue weighted by atomic mass is 16.7. The molecule has 0 saturated carbocycles. The van der Waals surface area contributed by atoms with Gasteiger partial charge < -0.3 is 9.47 Å². The van der Waals surface area contributed by atoms with Gasteiger partial charge in [0.1, 0.15) is 11.7 Å². The van der Waals surface area contributed by atoms with Crippen LogP contribution in [0.25, 0.3) is 0 Å². The summed E-state index contributed by atoms with van der Waals surface area (Å²) >= 11 is 0. The highest BCUT2D eigenvalue weighted by Gasteiger charge is 2.60. The molecule has 8 nitrogen and oxygen atoms in total. The molecule has 38 heavy (non-hydrogen) atoms. The largest absolute Gasteiger partial charge is 0.494 e. The van der Waals surface area contributed by atoms with E-state index in [1.807, 2.05) is 30.3 Å². The van der Waals surface area contributed by atoms with E-state index in [9.17, 15) is 14.4 Å². The van der Waals surface area contributed by atoms with Crippen molar-refractivity contribution in [2.75, 3.05) is 23.7 Å². The SMILES string of the molecule is CCCCCOc1ccc(N2C(=O)[C@@H]3[C@@H](ON(c4ccccc4)[C@H]3c3ccc(C(=O)OC)cc3)C2=O)cc1. The normalized spacial score (nSPS) is 20.5. The number of unbranched alkanes of at least 4 members (excludes halogenated alkanes) is 2. The van der Waals surface area contributed by atoms with Crippen LogP contribution in [0.15, 0.2) is 78.9 Å². The summed E-state index contributed by atoms with van der Waals surface area (Å²) in [6, 6.07) is 22.6. The first-order valence-electron chi connectivity index (χ1n) is 12.8. The number of ether oxygens (including phenoxy) is 2. The van der Waals surface area contributed by atoms with Crippen molar-refractivity contribution in [2.45, 2.75) is 38.3 Å². The minimum Gasteiger partial charge on any atom is -0.494 e. The number of fused-ring (bicyclic) bond motifs is 1. The molecule has 0 spiro atoms. The summed E-state index contributed by atoms with van der Waals surface area (Å²) in [5.41, 5.74) is 2.34. The van der Waals surface area contributed by atoms with Gasteiger partial charge in [-0.1, -0.05) is 50.1 Å². The van der Waals surface area contributed by atoms with E-state index in [-0.39, 0.29) is 5.91 Å². The van der Waals surface area contributed by atoms with Crippen molar-refractivity contribution in [3.8, 4) is 5.75 Å². The van der Waals surface area contributed by atoms with Crippen molar-refractivity contribution in [3.05, 3.63) is 90.0 Å². The third kappa shape index (κ3) is 4.75. The maximum Gasteiger partial charge on any atom is 0.337 e. The smallest absolute Gasteiger partial charge is 0.337 e. The molecule has 2 fully saturated rings. The summed E-state index contributed by atoms with van der Waals surface area (Å²) < 4.78 is 10.6. The van der Waals surface area contributed by atoms with Gasteiger partial charge in [0.05, 0.1) is 36.7 Å². The molecule has 2 amide bonds. The maximum absolute atomic E-state index is 13.8. The predicted molar refractivity (Wildman–Crippen MR) is 142 cm³/mol. The molecule has 0 N–H and O–H groups in total. The van der Waals surface area contributed by atoms with Crippen molar-refractivity contribution in [2.24, 2.45) is 5.92 Å². The lowest BCUT2D eigenvalue weighted by Gasteiger charge is -2.28. The second-order valence-corrected chi connectivity index (χ2v) is 9.33. The Kier molecular flexibility index (Phi) is 7.42. The third-order valence-electron chi connectivity index (χ3n) is 6.91. The third-order valence-corrected chi connectivity index (χ3v) is 6.91. The van der Waals surface area contributed by atoms with Crippen LogP contribution in [-0.4, -0.2) is 37.6 Å². The number of hydrogen-bond acceptors (Lipinski definition) is 7. The van der Waals surface area contributed by atoms with Crippen molar-refractivity contribution in [3.63, 3.8) is 0 Å². The van der Waals surface area contributed by atoms with E-state index in [4.69, 9.17) is 14.3 Å². The van der Waals surface area contributed by atoms with Gasteiger partial charge in [0.15, 0.2) is 6.10 Å². The van der Waals surface area contributed by atoms with Gasteiger partial charge in [-0.15, -0.1) is 0 Å². The zero-order valence-corrected chi connectivity index (χ0v) is 21.4. The zero-order valence-electron chi connectivity index (χ0n) is 21.4. The number of methoxy groups -OCH3 is 1. The first-order valence-corrected chi connectivity index (χ1v) is 12.8. The molecular weight excluding hydrogens is 484 g/mol. The molecule has 3 atom stereocenters. The standard InChI is InChI=1S/C30H30N2O6/c1-3-4-8-19-37-24-17-15-22(16-18-24)31-28(33)25-26(20-11-13-21(14-12-20)30(35)36-2)32(38-27(25)29(31)34)23-9-6-5-7-10-23/h5-7,9-18,25-27H,3-4,8,19H2,1-2H3/t25-,26-,27+/m0/s1. The number of imide groups is 1. The number of para-hydroxylation sites is 1. The van der Waals surface area contributed by atoms with E-state index >= 15 is 0 Å². The fraction of sp³-hybridized carbons (Fsp3) is 0.300. The van der Waals surface area contributed by atoms with Crippen molar-refractivity contribution >= 4 is 29.2 Å². The molecule has 2 saturated heterocycles. The Labute approximate surface area is 221 Å². The first kappa shape index (κ1) is 25.5. The number of amides is 2. The number of anilines is 2. The quantitative estimate of drug-likeness (QED) is 0.223. The average Bonchev–Trinajstić information content (AvgIpc) is 3.47. The number of nitrogens with zero attached hydrogens (tertiary/aromatic N) is 2. The predicted octanol–water partition coefficient (Wildman–Crippen LogP) is 5.09. The van der Waals surface area contributed by atoms with Crippen LogP contribution in [0.2, 0.25) is 0 Å². The van der Waals surface area contributed by atoms with Crippen LogP contribution in [0.3, 0.4) is 0 Å². The topological polar surface area (TPSA) is 85.4 Å². The molecule has 2 aliphatic heterocycles. The summed E-state index contributed by atoms with van der Waals surface area (Å²) in [6.07, 6.45) is 2.22. The minimum absolute atomic E-state index is 0.336. The zero-order chi connectivity index (χ0) is 26.6. The van der Waals surface area contributed by atoms with E-state index in [0.717, 1.165) is 30.5 Å².